The molecule has 0 aromatic carbocycles. The third kappa shape index (κ3) is 2.65. The van der Waals surface area contributed by atoms with E-state index in [9.17, 15) is 9.59 Å². The van der Waals surface area contributed by atoms with E-state index in [1.807, 2.05) is 22.8 Å². The second-order valence-corrected chi connectivity index (χ2v) is 7.24. The molecule has 7 nitrogen and oxygen atoms in total. The minimum Gasteiger partial charge on any atom is -0.340 e. The molecule has 7 heteroatoms. The normalized spacial score (nSPS) is 25.3. The van der Waals surface area contributed by atoms with Gasteiger partial charge in [0.2, 0.25) is 5.91 Å². The molecule has 1 aromatic rings. The molecule has 2 aliphatic heterocycles. The number of urea groups is 1. The Morgan fingerprint density at radius 1 is 1.17 bits per heavy atom. The van der Waals surface area contributed by atoms with Crippen molar-refractivity contribution < 1.29 is 9.59 Å². The zero-order valence-corrected chi connectivity index (χ0v) is 14.2. The molecule has 0 bridgehead atoms. The van der Waals surface area contributed by atoms with Gasteiger partial charge in [0.25, 0.3) is 0 Å². The molecule has 0 radical (unpaired) electrons. The molecule has 3 aliphatic rings. The van der Waals surface area contributed by atoms with Crippen LogP contribution in [0.15, 0.2) is 12.4 Å². The van der Waals surface area contributed by atoms with E-state index in [0.717, 1.165) is 44.6 Å². The van der Waals surface area contributed by atoms with Crippen LogP contribution in [0.2, 0.25) is 0 Å². The summed E-state index contributed by atoms with van der Waals surface area (Å²) in [6, 6.07) is 0.249. The number of anilines is 1. The summed E-state index contributed by atoms with van der Waals surface area (Å²) in [4.78, 5) is 30.1. The number of carbonyl (C=O) groups is 2. The van der Waals surface area contributed by atoms with Crippen molar-refractivity contribution in [2.45, 2.75) is 38.1 Å². The van der Waals surface area contributed by atoms with Gasteiger partial charge in [-0.05, 0) is 19.3 Å². The largest absolute Gasteiger partial charge is 0.340 e. The van der Waals surface area contributed by atoms with Crippen molar-refractivity contribution in [3.8, 4) is 0 Å². The second-order valence-electron chi connectivity index (χ2n) is 7.24. The van der Waals surface area contributed by atoms with Crippen LogP contribution in [0.25, 0.3) is 0 Å². The van der Waals surface area contributed by atoms with Gasteiger partial charge in [-0.3, -0.25) is 14.4 Å². The van der Waals surface area contributed by atoms with Gasteiger partial charge in [-0.25, -0.2) is 4.79 Å². The minimum absolute atomic E-state index is 0.0269. The van der Waals surface area contributed by atoms with E-state index in [0.29, 0.717) is 12.5 Å². The Balaban J connectivity index is 1.40. The molecule has 1 unspecified atom stereocenters. The summed E-state index contributed by atoms with van der Waals surface area (Å²) in [5, 5.41) is 4.46. The van der Waals surface area contributed by atoms with Gasteiger partial charge in [0.15, 0.2) is 0 Å². The molecule has 0 spiro atoms. The molecule has 1 aromatic heterocycles. The second kappa shape index (κ2) is 6.11. The van der Waals surface area contributed by atoms with Crippen LogP contribution in [0.3, 0.4) is 0 Å². The van der Waals surface area contributed by atoms with Crippen LogP contribution >= 0.6 is 0 Å². The predicted molar refractivity (Wildman–Crippen MR) is 89.8 cm³/mol. The first-order chi connectivity index (χ1) is 11.6. The Kier molecular flexibility index (Phi) is 3.94. The lowest BCUT2D eigenvalue weighted by molar-refractivity contribution is -0.134. The van der Waals surface area contributed by atoms with Crippen molar-refractivity contribution in [2.24, 2.45) is 5.92 Å². The van der Waals surface area contributed by atoms with E-state index >= 15 is 0 Å². The Labute approximate surface area is 142 Å². The van der Waals surface area contributed by atoms with E-state index in [2.05, 4.69) is 5.10 Å². The standard InChI is InChI=1S/C17H25N5O2/c1-19-8-9-21(17(19)24)15-10-18-22(12-15)14-6-7-20(11-14)16(23)13-4-2-3-5-13/h10,12-14H,2-9,11H2,1H3. The van der Waals surface area contributed by atoms with Crippen LogP contribution in [0.1, 0.15) is 38.1 Å². The molecule has 2 saturated heterocycles. The first kappa shape index (κ1) is 15.5. The van der Waals surface area contributed by atoms with Gasteiger partial charge >= 0.3 is 6.03 Å². The molecule has 3 heterocycles. The number of carbonyl (C=O) groups excluding carboxylic acids is 2. The third-order valence-electron chi connectivity index (χ3n) is 5.67. The molecule has 1 aliphatic carbocycles. The molecule has 3 amide bonds. The Morgan fingerprint density at radius 3 is 2.67 bits per heavy atom. The van der Waals surface area contributed by atoms with Crippen molar-refractivity contribution in [3.63, 3.8) is 0 Å². The van der Waals surface area contributed by atoms with Crippen LogP contribution in [0.4, 0.5) is 10.5 Å². The maximum absolute atomic E-state index is 12.6. The average molecular weight is 331 g/mol. The van der Waals surface area contributed by atoms with Crippen LogP contribution in [0, 0.1) is 5.92 Å². The molecular weight excluding hydrogens is 306 g/mol. The van der Waals surface area contributed by atoms with E-state index < -0.39 is 0 Å². The highest BCUT2D eigenvalue weighted by Crippen LogP contribution is 2.30. The molecule has 1 saturated carbocycles. The minimum atomic E-state index is 0.0269. The summed E-state index contributed by atoms with van der Waals surface area (Å²) in [6.07, 6.45) is 9.13. The first-order valence-electron chi connectivity index (χ1n) is 8.99. The molecule has 24 heavy (non-hydrogen) atoms. The van der Waals surface area contributed by atoms with Crippen molar-refractivity contribution in [3.05, 3.63) is 12.4 Å². The van der Waals surface area contributed by atoms with E-state index in [-0.39, 0.29) is 18.0 Å². The number of aromatic nitrogens is 2. The van der Waals surface area contributed by atoms with Crippen molar-refractivity contribution in [1.29, 1.82) is 0 Å². The number of hydrogen-bond donors (Lipinski definition) is 0. The molecule has 1 atom stereocenters. The number of likely N-dealkylation sites (N-methyl/N-ethyl adjacent to an activating group) is 1. The predicted octanol–water partition coefficient (Wildman–Crippen LogP) is 1.72. The van der Waals surface area contributed by atoms with E-state index in [1.54, 1.807) is 16.0 Å². The van der Waals surface area contributed by atoms with Gasteiger partial charge in [-0.2, -0.15) is 5.10 Å². The highest BCUT2D eigenvalue weighted by atomic mass is 16.2. The van der Waals surface area contributed by atoms with Gasteiger partial charge in [0.1, 0.15) is 0 Å². The van der Waals surface area contributed by atoms with E-state index in [1.165, 1.54) is 12.8 Å². The van der Waals surface area contributed by atoms with Crippen molar-refractivity contribution in [1.82, 2.24) is 19.6 Å². The lowest BCUT2D eigenvalue weighted by Crippen LogP contribution is -2.33. The number of amides is 3. The van der Waals surface area contributed by atoms with E-state index in [4.69, 9.17) is 0 Å². The fourth-order valence-electron chi connectivity index (χ4n) is 4.14. The maximum atomic E-state index is 12.6. The van der Waals surface area contributed by atoms with Crippen LogP contribution in [-0.4, -0.2) is 64.7 Å². The van der Waals surface area contributed by atoms with Gasteiger partial charge in [-0.1, -0.05) is 12.8 Å². The molecule has 0 N–H and O–H groups in total. The zero-order valence-electron chi connectivity index (χ0n) is 14.2. The summed E-state index contributed by atoms with van der Waals surface area (Å²) in [7, 11) is 1.82. The fourth-order valence-corrected chi connectivity index (χ4v) is 4.14. The third-order valence-corrected chi connectivity index (χ3v) is 5.67. The quantitative estimate of drug-likeness (QED) is 0.847. The number of hydrogen-bond acceptors (Lipinski definition) is 3. The van der Waals surface area contributed by atoms with Gasteiger partial charge in [0.05, 0.1) is 17.9 Å². The SMILES string of the molecule is CN1CCN(c2cnn(C3CCN(C(=O)C4CCCC4)C3)c2)C1=O. The molecule has 3 fully saturated rings. The van der Waals surface area contributed by atoms with Gasteiger partial charge in [-0.15, -0.1) is 0 Å². The topological polar surface area (TPSA) is 61.7 Å². The number of rotatable bonds is 3. The number of nitrogens with zero attached hydrogens (tertiary/aromatic N) is 5. The average Bonchev–Trinajstić information content (AvgIpc) is 3.35. The van der Waals surface area contributed by atoms with Gasteiger partial charge < -0.3 is 9.80 Å². The summed E-state index contributed by atoms with van der Waals surface area (Å²) < 4.78 is 1.93. The lowest BCUT2D eigenvalue weighted by Gasteiger charge is -2.20. The smallest absolute Gasteiger partial charge is 0.324 e. The van der Waals surface area contributed by atoms with Gasteiger partial charge in [0, 0.05) is 45.3 Å². The Hall–Kier alpha value is -2.05. The monoisotopic (exact) mass is 331 g/mol. The van der Waals surface area contributed by atoms with Crippen LogP contribution in [-0.2, 0) is 4.79 Å². The number of likely N-dealkylation sites (tertiary alicyclic amines) is 1. The summed E-state index contributed by atoms with van der Waals surface area (Å²) in [5.74, 6) is 0.577. The summed E-state index contributed by atoms with van der Waals surface area (Å²) >= 11 is 0. The summed E-state index contributed by atoms with van der Waals surface area (Å²) in [5.41, 5.74) is 0.852. The Morgan fingerprint density at radius 2 is 1.96 bits per heavy atom. The molecule has 130 valence electrons. The Bertz CT molecular complexity index is 637. The van der Waals surface area contributed by atoms with Crippen molar-refractivity contribution >= 4 is 17.6 Å². The van der Waals surface area contributed by atoms with Crippen LogP contribution < -0.4 is 4.90 Å². The highest BCUT2D eigenvalue weighted by Gasteiger charge is 2.34. The zero-order chi connectivity index (χ0) is 16.7. The molecular formula is C17H25N5O2. The summed E-state index contributed by atoms with van der Waals surface area (Å²) in [6.45, 7) is 3.01. The molecule has 4 rings (SSSR count). The highest BCUT2D eigenvalue weighted by molar-refractivity contribution is 5.93. The lowest BCUT2D eigenvalue weighted by atomic mass is 10.1. The first-order valence-corrected chi connectivity index (χ1v) is 8.99. The van der Waals surface area contributed by atoms with Crippen molar-refractivity contribution in [2.75, 3.05) is 38.1 Å². The maximum Gasteiger partial charge on any atom is 0.324 e. The van der Waals surface area contributed by atoms with Crippen LogP contribution in [0.5, 0.6) is 0 Å². The fraction of sp³-hybridized carbons (Fsp3) is 0.706.